The maximum atomic E-state index is 13.1. The van der Waals surface area contributed by atoms with Crippen LogP contribution in [0, 0.1) is 0 Å². The third-order valence-electron chi connectivity index (χ3n) is 2.83. The number of nitrogens with two attached hydrogens (primary N) is 1. The third kappa shape index (κ3) is 2.04. The maximum Gasteiger partial charge on any atom is 0.423 e. The van der Waals surface area contributed by atoms with Crippen LogP contribution in [0.5, 0.6) is 0 Å². The lowest BCUT2D eigenvalue weighted by molar-refractivity contribution is -0.182. The van der Waals surface area contributed by atoms with Crippen LogP contribution in [-0.4, -0.2) is 6.18 Å². The highest BCUT2D eigenvalue weighted by atomic mass is 19.4. The van der Waals surface area contributed by atoms with Crippen molar-refractivity contribution < 1.29 is 17.6 Å². The molecule has 1 aliphatic rings. The quantitative estimate of drug-likeness (QED) is 0.780. The highest BCUT2D eigenvalue weighted by molar-refractivity contribution is 5.34. The zero-order valence-corrected chi connectivity index (χ0v) is 8.39. The average molecular weight is 233 g/mol. The van der Waals surface area contributed by atoms with Gasteiger partial charge in [-0.3, -0.25) is 0 Å². The van der Waals surface area contributed by atoms with Crippen molar-refractivity contribution in [1.29, 1.82) is 0 Å². The van der Waals surface area contributed by atoms with Gasteiger partial charge in [0.05, 0.1) is 0 Å². The van der Waals surface area contributed by atoms with Gasteiger partial charge in [-0.1, -0.05) is 24.3 Å². The Kier molecular flexibility index (Phi) is 2.45. The number of hydrogen-bond donors (Lipinski definition) is 1. The molecule has 1 aromatic rings. The molecule has 5 heteroatoms. The van der Waals surface area contributed by atoms with Crippen LogP contribution in [0.1, 0.15) is 30.1 Å². The van der Waals surface area contributed by atoms with Crippen molar-refractivity contribution in [2.24, 2.45) is 5.73 Å². The summed E-state index contributed by atoms with van der Waals surface area (Å²) < 4.78 is 49.6. The molecule has 1 aliphatic carbocycles. The molecule has 0 heterocycles. The van der Waals surface area contributed by atoms with Gasteiger partial charge in [-0.05, 0) is 24.0 Å². The molecule has 1 fully saturated rings. The second-order valence-corrected chi connectivity index (χ2v) is 4.19. The first-order valence-corrected chi connectivity index (χ1v) is 4.93. The number of rotatable bonds is 2. The summed E-state index contributed by atoms with van der Waals surface area (Å²) in [7, 11) is 0. The molecular formula is C11H11F4N. The van der Waals surface area contributed by atoms with E-state index in [0.717, 1.165) is 18.9 Å². The number of alkyl halides is 4. The van der Waals surface area contributed by atoms with Gasteiger partial charge in [0.25, 0.3) is 0 Å². The zero-order valence-electron chi connectivity index (χ0n) is 8.39. The zero-order chi connectivity index (χ0) is 12.0. The van der Waals surface area contributed by atoms with E-state index in [1.165, 1.54) is 12.1 Å². The van der Waals surface area contributed by atoms with Gasteiger partial charge in [0.2, 0.25) is 6.17 Å². The fourth-order valence-corrected chi connectivity index (χ4v) is 1.62. The van der Waals surface area contributed by atoms with E-state index in [1.807, 2.05) is 0 Å². The fourth-order valence-electron chi connectivity index (χ4n) is 1.62. The highest BCUT2D eigenvalue weighted by Crippen LogP contribution is 2.44. The van der Waals surface area contributed by atoms with Crippen LogP contribution in [0.3, 0.4) is 0 Å². The molecule has 0 saturated heterocycles. The summed E-state index contributed by atoms with van der Waals surface area (Å²) in [5.41, 5.74) is 5.51. The van der Waals surface area contributed by atoms with Crippen LogP contribution in [0.2, 0.25) is 0 Å². The van der Waals surface area contributed by atoms with Gasteiger partial charge in [-0.15, -0.1) is 0 Å². The Balaban J connectivity index is 2.29. The normalized spacial score (nSPS) is 20.6. The fraction of sp³-hybridized carbons (Fsp3) is 0.455. The first-order chi connectivity index (χ1) is 7.33. The minimum absolute atomic E-state index is 0.373. The summed E-state index contributed by atoms with van der Waals surface area (Å²) in [5, 5.41) is 0. The van der Waals surface area contributed by atoms with Crippen molar-refractivity contribution in [3.05, 3.63) is 35.4 Å². The SMILES string of the molecule is NC1(c2cccc(C(F)C(F)(F)F)c2)CC1. The first kappa shape index (κ1) is 11.4. The topological polar surface area (TPSA) is 26.0 Å². The molecule has 0 radical (unpaired) electrons. The van der Waals surface area contributed by atoms with Gasteiger partial charge in [0, 0.05) is 5.54 Å². The molecule has 0 spiro atoms. The van der Waals surface area contributed by atoms with Crippen LogP contribution in [-0.2, 0) is 5.54 Å². The third-order valence-corrected chi connectivity index (χ3v) is 2.83. The van der Waals surface area contributed by atoms with E-state index in [1.54, 1.807) is 6.07 Å². The summed E-state index contributed by atoms with van der Waals surface area (Å²) in [5.74, 6) is 0. The van der Waals surface area contributed by atoms with Crippen LogP contribution in [0.15, 0.2) is 24.3 Å². The summed E-state index contributed by atoms with van der Waals surface area (Å²) >= 11 is 0. The van der Waals surface area contributed by atoms with Crippen LogP contribution >= 0.6 is 0 Å². The Hall–Kier alpha value is -1.10. The van der Waals surface area contributed by atoms with Crippen molar-refractivity contribution in [3.8, 4) is 0 Å². The van der Waals surface area contributed by atoms with E-state index in [2.05, 4.69) is 0 Å². The van der Waals surface area contributed by atoms with Gasteiger partial charge in [0.1, 0.15) is 0 Å². The molecule has 1 atom stereocenters. The van der Waals surface area contributed by atoms with E-state index in [-0.39, 0.29) is 5.56 Å². The van der Waals surface area contributed by atoms with Crippen molar-refractivity contribution >= 4 is 0 Å². The van der Waals surface area contributed by atoms with Crippen molar-refractivity contribution in [1.82, 2.24) is 0 Å². The molecule has 1 nitrogen and oxygen atoms in total. The lowest BCUT2D eigenvalue weighted by Gasteiger charge is -2.15. The molecule has 88 valence electrons. The maximum absolute atomic E-state index is 13.1. The van der Waals surface area contributed by atoms with E-state index < -0.39 is 17.9 Å². The molecule has 0 aromatic heterocycles. The second kappa shape index (κ2) is 3.45. The van der Waals surface area contributed by atoms with Gasteiger partial charge in [0.15, 0.2) is 0 Å². The first-order valence-electron chi connectivity index (χ1n) is 4.93. The Morgan fingerprint density at radius 3 is 2.38 bits per heavy atom. The van der Waals surface area contributed by atoms with E-state index in [0.29, 0.717) is 5.56 Å². The lowest BCUT2D eigenvalue weighted by atomic mass is 10.0. The van der Waals surface area contributed by atoms with Gasteiger partial charge < -0.3 is 5.73 Å². The minimum atomic E-state index is -4.86. The lowest BCUT2D eigenvalue weighted by Crippen LogP contribution is -2.20. The molecule has 16 heavy (non-hydrogen) atoms. The van der Waals surface area contributed by atoms with Crippen LogP contribution in [0.25, 0.3) is 0 Å². The highest BCUT2D eigenvalue weighted by Gasteiger charge is 2.43. The van der Waals surface area contributed by atoms with Crippen molar-refractivity contribution in [2.75, 3.05) is 0 Å². The molecule has 1 aromatic carbocycles. The molecular weight excluding hydrogens is 222 g/mol. The summed E-state index contributed by atoms with van der Waals surface area (Å²) in [6, 6.07) is 5.40. The number of halogens is 4. The molecule has 0 aliphatic heterocycles. The van der Waals surface area contributed by atoms with E-state index >= 15 is 0 Å². The Bertz CT molecular complexity index is 395. The van der Waals surface area contributed by atoms with Crippen molar-refractivity contribution in [3.63, 3.8) is 0 Å². The van der Waals surface area contributed by atoms with E-state index in [9.17, 15) is 17.6 Å². The second-order valence-electron chi connectivity index (χ2n) is 4.19. The summed E-state index contributed by atoms with van der Waals surface area (Å²) in [4.78, 5) is 0. The Morgan fingerprint density at radius 2 is 1.88 bits per heavy atom. The molecule has 0 amide bonds. The van der Waals surface area contributed by atoms with Gasteiger partial charge in [-0.25, -0.2) is 4.39 Å². The summed E-state index contributed by atoms with van der Waals surface area (Å²) in [6.07, 6.45) is -6.32. The number of benzene rings is 1. The van der Waals surface area contributed by atoms with Crippen LogP contribution < -0.4 is 5.73 Å². The average Bonchev–Trinajstić information content (AvgIpc) is 2.96. The Morgan fingerprint density at radius 1 is 1.25 bits per heavy atom. The van der Waals surface area contributed by atoms with Gasteiger partial charge >= 0.3 is 6.18 Å². The van der Waals surface area contributed by atoms with Crippen LogP contribution in [0.4, 0.5) is 17.6 Å². The molecule has 2 N–H and O–H groups in total. The van der Waals surface area contributed by atoms with Gasteiger partial charge in [-0.2, -0.15) is 13.2 Å². The monoisotopic (exact) mass is 233 g/mol. The largest absolute Gasteiger partial charge is 0.423 e. The Labute approximate surface area is 90.3 Å². The predicted octanol–water partition coefficient (Wildman–Crippen LogP) is 3.21. The number of hydrogen-bond acceptors (Lipinski definition) is 1. The predicted molar refractivity (Wildman–Crippen MR) is 51.4 cm³/mol. The smallest absolute Gasteiger partial charge is 0.321 e. The van der Waals surface area contributed by atoms with E-state index in [4.69, 9.17) is 5.73 Å². The minimum Gasteiger partial charge on any atom is -0.321 e. The summed E-state index contributed by atoms with van der Waals surface area (Å²) in [6.45, 7) is 0. The molecule has 2 rings (SSSR count). The standard InChI is InChI=1S/C11H11F4N/c12-9(11(13,14)15)7-2-1-3-8(6-7)10(16)4-5-10/h1-3,6,9H,4-5,16H2. The van der Waals surface area contributed by atoms with Crippen molar-refractivity contribution in [2.45, 2.75) is 30.7 Å². The molecule has 0 bridgehead atoms. The molecule has 1 saturated carbocycles. The molecule has 1 unspecified atom stereocenters.